The number of benzene rings is 1. The molecule has 0 spiro atoms. The fourth-order valence-electron chi connectivity index (χ4n) is 1.22. The lowest BCUT2D eigenvalue weighted by Gasteiger charge is -2.21. The summed E-state index contributed by atoms with van der Waals surface area (Å²) < 4.78 is 0. The van der Waals surface area contributed by atoms with Crippen molar-refractivity contribution in [2.45, 2.75) is 27.2 Å². The Kier molecular flexibility index (Phi) is 6.21. The van der Waals surface area contributed by atoms with Gasteiger partial charge in [0.15, 0.2) is 0 Å². The minimum Gasteiger partial charge on any atom is -0.329 e. The monoisotopic (exact) mass is 256 g/mol. The highest BCUT2D eigenvalue weighted by atomic mass is 35.5. The smallest absolute Gasteiger partial charge is 0.231 e. The van der Waals surface area contributed by atoms with E-state index in [-0.39, 0.29) is 18.3 Å². The van der Waals surface area contributed by atoms with E-state index in [1.807, 2.05) is 38.1 Å². The summed E-state index contributed by atoms with van der Waals surface area (Å²) in [7, 11) is 0. The van der Waals surface area contributed by atoms with Gasteiger partial charge in [-0.3, -0.25) is 4.79 Å². The van der Waals surface area contributed by atoms with E-state index in [1.165, 1.54) is 5.56 Å². The normalized spacial score (nSPS) is 10.6. The molecule has 0 aromatic heterocycles. The number of anilines is 1. The highest BCUT2D eigenvalue weighted by Crippen LogP contribution is 2.17. The molecule has 0 aliphatic carbocycles. The number of amides is 1. The summed E-state index contributed by atoms with van der Waals surface area (Å²) in [6, 6.07) is 7.88. The Morgan fingerprint density at radius 2 is 1.82 bits per heavy atom. The van der Waals surface area contributed by atoms with Gasteiger partial charge >= 0.3 is 0 Å². The third kappa shape index (κ3) is 4.36. The molecule has 17 heavy (non-hydrogen) atoms. The maximum atomic E-state index is 11.8. The van der Waals surface area contributed by atoms with E-state index >= 15 is 0 Å². The van der Waals surface area contributed by atoms with Crippen LogP contribution in [0.15, 0.2) is 24.3 Å². The molecule has 0 saturated heterocycles. The van der Waals surface area contributed by atoms with Crippen LogP contribution in [0.1, 0.15) is 26.3 Å². The fourth-order valence-corrected chi connectivity index (χ4v) is 1.22. The Labute approximate surface area is 109 Å². The van der Waals surface area contributed by atoms with E-state index in [0.29, 0.717) is 6.54 Å². The third-order valence-electron chi connectivity index (χ3n) is 2.75. The number of hydrogen-bond donors (Lipinski definition) is 2. The molecule has 0 fully saturated rings. The average molecular weight is 257 g/mol. The summed E-state index contributed by atoms with van der Waals surface area (Å²) in [5, 5.41) is 2.87. The first-order valence-electron chi connectivity index (χ1n) is 5.60. The second kappa shape index (κ2) is 6.62. The lowest BCUT2D eigenvalue weighted by Crippen LogP contribution is -2.37. The van der Waals surface area contributed by atoms with E-state index in [0.717, 1.165) is 12.1 Å². The van der Waals surface area contributed by atoms with Crippen LogP contribution in [0.25, 0.3) is 0 Å². The summed E-state index contributed by atoms with van der Waals surface area (Å²) >= 11 is 0. The van der Waals surface area contributed by atoms with Gasteiger partial charge in [0.2, 0.25) is 5.91 Å². The predicted molar refractivity (Wildman–Crippen MR) is 74.5 cm³/mol. The number of hydrogen-bond acceptors (Lipinski definition) is 2. The predicted octanol–water partition coefficient (Wildman–Crippen LogP) is 2.59. The van der Waals surface area contributed by atoms with Gasteiger partial charge in [-0.15, -0.1) is 12.4 Å². The molecule has 0 radical (unpaired) electrons. The molecule has 0 aliphatic rings. The first kappa shape index (κ1) is 15.9. The Bertz CT molecular complexity index is 360. The third-order valence-corrected chi connectivity index (χ3v) is 2.75. The zero-order valence-corrected chi connectivity index (χ0v) is 11.4. The molecule has 0 aliphatic heterocycles. The fraction of sp³-hybridized carbons (Fsp3) is 0.462. The van der Waals surface area contributed by atoms with E-state index in [2.05, 4.69) is 12.2 Å². The first-order valence-corrected chi connectivity index (χ1v) is 5.60. The molecular formula is C13H21ClN2O. The van der Waals surface area contributed by atoms with Crippen molar-refractivity contribution in [2.75, 3.05) is 11.9 Å². The van der Waals surface area contributed by atoms with Gasteiger partial charge in [-0.1, -0.05) is 19.1 Å². The summed E-state index contributed by atoms with van der Waals surface area (Å²) in [4.78, 5) is 11.8. The molecule has 96 valence electrons. The highest BCUT2D eigenvalue weighted by Gasteiger charge is 2.25. The molecule has 1 amide bonds. The standard InChI is InChI=1S/C13H20N2O.ClH/c1-4-10-5-7-11(8-6-10)15-12(16)13(2,3)9-14;/h5-8H,4,9,14H2,1-3H3,(H,15,16);1H. The first-order chi connectivity index (χ1) is 7.49. The molecule has 0 unspecified atom stereocenters. The lowest BCUT2D eigenvalue weighted by atomic mass is 9.92. The highest BCUT2D eigenvalue weighted by molar-refractivity contribution is 5.94. The van der Waals surface area contributed by atoms with Crippen LogP contribution in [0.3, 0.4) is 0 Å². The minimum atomic E-state index is -0.524. The number of carbonyl (C=O) groups is 1. The molecule has 3 nitrogen and oxygen atoms in total. The van der Waals surface area contributed by atoms with E-state index in [9.17, 15) is 4.79 Å². The van der Waals surface area contributed by atoms with Crippen molar-refractivity contribution in [3.8, 4) is 0 Å². The Morgan fingerprint density at radius 1 is 1.29 bits per heavy atom. The van der Waals surface area contributed by atoms with E-state index in [4.69, 9.17) is 5.73 Å². The van der Waals surface area contributed by atoms with Crippen molar-refractivity contribution in [3.05, 3.63) is 29.8 Å². The van der Waals surface area contributed by atoms with Crippen molar-refractivity contribution in [2.24, 2.45) is 11.1 Å². The van der Waals surface area contributed by atoms with Gasteiger partial charge in [0.05, 0.1) is 5.41 Å². The van der Waals surface area contributed by atoms with Crippen LogP contribution in [0.2, 0.25) is 0 Å². The molecule has 1 rings (SSSR count). The van der Waals surface area contributed by atoms with Gasteiger partial charge in [-0.25, -0.2) is 0 Å². The largest absolute Gasteiger partial charge is 0.329 e. The van der Waals surface area contributed by atoms with Crippen LogP contribution < -0.4 is 11.1 Å². The van der Waals surface area contributed by atoms with Gasteiger partial charge in [0.25, 0.3) is 0 Å². The zero-order chi connectivity index (χ0) is 12.2. The lowest BCUT2D eigenvalue weighted by molar-refractivity contribution is -0.123. The second-order valence-corrected chi connectivity index (χ2v) is 4.59. The van der Waals surface area contributed by atoms with Crippen LogP contribution >= 0.6 is 12.4 Å². The zero-order valence-electron chi connectivity index (χ0n) is 10.6. The van der Waals surface area contributed by atoms with Gasteiger partial charge < -0.3 is 11.1 Å². The van der Waals surface area contributed by atoms with Gasteiger partial charge in [-0.2, -0.15) is 0 Å². The number of carbonyl (C=O) groups excluding carboxylic acids is 1. The molecule has 1 aromatic carbocycles. The van der Waals surface area contributed by atoms with Crippen molar-refractivity contribution < 1.29 is 4.79 Å². The Balaban J connectivity index is 0.00000256. The molecule has 0 atom stereocenters. The number of nitrogens with two attached hydrogens (primary N) is 1. The molecule has 0 bridgehead atoms. The molecule has 0 heterocycles. The molecule has 1 aromatic rings. The maximum absolute atomic E-state index is 11.8. The Morgan fingerprint density at radius 3 is 2.24 bits per heavy atom. The molecular weight excluding hydrogens is 236 g/mol. The minimum absolute atomic E-state index is 0. The second-order valence-electron chi connectivity index (χ2n) is 4.59. The topological polar surface area (TPSA) is 55.1 Å². The summed E-state index contributed by atoms with van der Waals surface area (Å²) in [6.45, 7) is 6.11. The van der Waals surface area contributed by atoms with Gasteiger partial charge in [-0.05, 0) is 38.0 Å². The van der Waals surface area contributed by atoms with Crippen LogP contribution in [0.5, 0.6) is 0 Å². The van der Waals surface area contributed by atoms with Crippen LogP contribution in [0, 0.1) is 5.41 Å². The van der Waals surface area contributed by atoms with Crippen molar-refractivity contribution in [1.82, 2.24) is 0 Å². The SMILES string of the molecule is CCc1ccc(NC(=O)C(C)(C)CN)cc1.Cl. The summed E-state index contributed by atoms with van der Waals surface area (Å²) in [5.41, 5.74) is 7.10. The van der Waals surface area contributed by atoms with Crippen LogP contribution in [0.4, 0.5) is 5.69 Å². The molecule has 3 N–H and O–H groups in total. The average Bonchev–Trinajstić information content (AvgIpc) is 2.30. The maximum Gasteiger partial charge on any atom is 0.231 e. The Hall–Kier alpha value is -1.06. The number of halogens is 1. The van der Waals surface area contributed by atoms with Crippen molar-refractivity contribution in [3.63, 3.8) is 0 Å². The van der Waals surface area contributed by atoms with Gasteiger partial charge in [0, 0.05) is 12.2 Å². The molecule has 0 saturated carbocycles. The van der Waals surface area contributed by atoms with E-state index in [1.54, 1.807) is 0 Å². The van der Waals surface area contributed by atoms with Crippen molar-refractivity contribution >= 4 is 24.0 Å². The van der Waals surface area contributed by atoms with Crippen LogP contribution in [-0.4, -0.2) is 12.5 Å². The summed E-state index contributed by atoms with van der Waals surface area (Å²) in [6.07, 6.45) is 1.00. The molecule has 4 heteroatoms. The number of rotatable bonds is 4. The quantitative estimate of drug-likeness (QED) is 0.870. The number of aryl methyl sites for hydroxylation is 1. The van der Waals surface area contributed by atoms with Crippen molar-refractivity contribution in [1.29, 1.82) is 0 Å². The van der Waals surface area contributed by atoms with Gasteiger partial charge in [0.1, 0.15) is 0 Å². The summed E-state index contributed by atoms with van der Waals surface area (Å²) in [5.74, 6) is -0.0424. The van der Waals surface area contributed by atoms with E-state index < -0.39 is 5.41 Å². The van der Waals surface area contributed by atoms with Crippen LogP contribution in [-0.2, 0) is 11.2 Å². The number of nitrogens with one attached hydrogen (secondary N) is 1.